The minimum absolute atomic E-state index is 0.0125. The van der Waals surface area contributed by atoms with Crippen LogP contribution in [0.1, 0.15) is 27.9 Å². The van der Waals surface area contributed by atoms with Crippen molar-refractivity contribution >= 4 is 49.4 Å². The van der Waals surface area contributed by atoms with Crippen molar-refractivity contribution in [1.82, 2.24) is 4.98 Å². The van der Waals surface area contributed by atoms with Crippen LogP contribution in [0.15, 0.2) is 126 Å². The van der Waals surface area contributed by atoms with E-state index >= 15 is 0 Å². The Balaban J connectivity index is 1.37. The van der Waals surface area contributed by atoms with Gasteiger partial charge in [-0.15, -0.1) is 0 Å². The number of carbonyl (C=O) groups excluding carboxylic acids is 2. The average Bonchev–Trinajstić information content (AvgIpc) is 3.12. The SMILES string of the molecule is COc1ccc(N(C(=O)c2c3ccccc3nc3ccccc23)S(=O)(=O)c2ccc(CCC(=O)OCc3ccccc3)cc2)c(OC)c1. The zero-order valence-electron chi connectivity index (χ0n) is 26.3. The Hall–Kier alpha value is -5.74. The van der Waals surface area contributed by atoms with Crippen molar-refractivity contribution in [2.24, 2.45) is 0 Å². The summed E-state index contributed by atoms with van der Waals surface area (Å²) >= 11 is 0. The lowest BCUT2D eigenvalue weighted by Gasteiger charge is -2.26. The highest BCUT2D eigenvalue weighted by molar-refractivity contribution is 7.93. The van der Waals surface area contributed by atoms with Crippen LogP contribution in [-0.4, -0.2) is 39.5 Å². The highest BCUT2D eigenvalue weighted by Gasteiger charge is 2.36. The van der Waals surface area contributed by atoms with Crippen molar-refractivity contribution in [2.75, 3.05) is 18.5 Å². The smallest absolute Gasteiger partial charge is 0.306 e. The average molecular weight is 661 g/mol. The molecule has 0 saturated carbocycles. The lowest BCUT2D eigenvalue weighted by molar-refractivity contribution is -0.144. The van der Waals surface area contributed by atoms with Crippen molar-refractivity contribution in [2.45, 2.75) is 24.3 Å². The van der Waals surface area contributed by atoms with Crippen LogP contribution in [0, 0.1) is 0 Å². The maximum absolute atomic E-state index is 14.8. The molecular weight excluding hydrogens is 628 g/mol. The van der Waals surface area contributed by atoms with Crippen LogP contribution in [0.5, 0.6) is 11.5 Å². The first-order chi connectivity index (χ1) is 23.3. The number of methoxy groups -OCH3 is 2. The molecule has 10 heteroatoms. The Labute approximate surface area is 278 Å². The number of pyridine rings is 1. The molecular formula is C38H32N2O7S. The molecule has 0 aliphatic carbocycles. The Morgan fingerprint density at radius 1 is 0.708 bits per heavy atom. The number of nitrogens with zero attached hydrogens (tertiary/aromatic N) is 2. The largest absolute Gasteiger partial charge is 0.497 e. The van der Waals surface area contributed by atoms with Gasteiger partial charge in [-0.3, -0.25) is 9.59 Å². The van der Waals surface area contributed by atoms with Crippen LogP contribution in [0.3, 0.4) is 0 Å². The number of amides is 1. The van der Waals surface area contributed by atoms with E-state index in [4.69, 9.17) is 19.2 Å². The van der Waals surface area contributed by atoms with E-state index in [1.54, 1.807) is 54.6 Å². The standard InChI is InChI=1S/C38H32N2O7S/c1-45-28-19-22-34(35(24-28)46-2)40(38(42)37-30-12-6-8-14-32(30)39-33-15-9-7-13-31(33)37)48(43,44)29-20-16-26(17-21-29)18-23-36(41)47-25-27-10-4-3-5-11-27/h3-17,19-22,24H,18,23,25H2,1-2H3. The number of sulfonamides is 1. The minimum atomic E-state index is -4.53. The van der Waals surface area contributed by atoms with Gasteiger partial charge >= 0.3 is 5.97 Å². The van der Waals surface area contributed by atoms with E-state index in [0.29, 0.717) is 34.0 Å². The number of esters is 1. The first-order valence-corrected chi connectivity index (χ1v) is 16.6. The van der Waals surface area contributed by atoms with Crippen molar-refractivity contribution in [3.63, 3.8) is 0 Å². The van der Waals surface area contributed by atoms with Gasteiger partial charge in [0.25, 0.3) is 15.9 Å². The summed E-state index contributed by atoms with van der Waals surface area (Å²) in [6, 6.07) is 34.3. The number of para-hydroxylation sites is 2. The predicted molar refractivity (Wildman–Crippen MR) is 184 cm³/mol. The van der Waals surface area contributed by atoms with Gasteiger partial charge in [-0.2, -0.15) is 4.31 Å². The molecule has 1 aromatic heterocycles. The number of aromatic nitrogens is 1. The molecule has 242 valence electrons. The summed E-state index contributed by atoms with van der Waals surface area (Å²) in [4.78, 5) is 31.8. The van der Waals surface area contributed by atoms with Gasteiger partial charge in [-0.05, 0) is 53.9 Å². The van der Waals surface area contributed by atoms with Crippen LogP contribution in [-0.2, 0) is 32.6 Å². The molecule has 1 amide bonds. The summed E-state index contributed by atoms with van der Waals surface area (Å²) in [6.07, 6.45) is 0.465. The fourth-order valence-corrected chi connectivity index (χ4v) is 6.87. The molecule has 0 saturated heterocycles. The zero-order valence-corrected chi connectivity index (χ0v) is 27.1. The molecule has 0 fully saturated rings. The summed E-state index contributed by atoms with van der Waals surface area (Å²) in [5, 5.41) is 1.01. The fraction of sp³-hybridized carbons (Fsp3) is 0.132. The monoisotopic (exact) mass is 660 g/mol. The van der Waals surface area contributed by atoms with Crippen molar-refractivity contribution in [3.05, 3.63) is 138 Å². The van der Waals surface area contributed by atoms with E-state index < -0.39 is 15.9 Å². The molecule has 0 atom stereocenters. The lowest BCUT2D eigenvalue weighted by Crippen LogP contribution is -2.37. The van der Waals surface area contributed by atoms with Crippen LogP contribution in [0.25, 0.3) is 21.8 Å². The first-order valence-electron chi connectivity index (χ1n) is 15.2. The summed E-state index contributed by atoms with van der Waals surface area (Å²) < 4.78 is 46.2. The highest BCUT2D eigenvalue weighted by Crippen LogP contribution is 2.38. The molecule has 9 nitrogen and oxygen atoms in total. The number of fused-ring (bicyclic) bond motifs is 2. The van der Waals surface area contributed by atoms with E-state index in [1.165, 1.54) is 38.5 Å². The lowest BCUT2D eigenvalue weighted by atomic mass is 10.0. The summed E-state index contributed by atoms with van der Waals surface area (Å²) in [6.45, 7) is 0.178. The van der Waals surface area contributed by atoms with E-state index in [2.05, 4.69) is 0 Å². The molecule has 6 aromatic rings. The summed E-state index contributed by atoms with van der Waals surface area (Å²) in [5.41, 5.74) is 2.91. The van der Waals surface area contributed by atoms with Gasteiger partial charge in [0.15, 0.2) is 0 Å². The van der Waals surface area contributed by atoms with Crippen molar-refractivity contribution < 1.29 is 32.2 Å². The number of rotatable bonds is 11. The van der Waals surface area contributed by atoms with Crippen molar-refractivity contribution in [3.8, 4) is 11.5 Å². The fourth-order valence-electron chi connectivity index (χ4n) is 5.46. The number of ether oxygens (including phenoxy) is 3. The maximum Gasteiger partial charge on any atom is 0.306 e. The van der Waals surface area contributed by atoms with Gasteiger partial charge in [0, 0.05) is 23.3 Å². The number of carbonyl (C=O) groups is 2. The van der Waals surface area contributed by atoms with Crippen LogP contribution >= 0.6 is 0 Å². The normalized spacial score (nSPS) is 11.3. The summed E-state index contributed by atoms with van der Waals surface area (Å²) in [5.74, 6) is -0.597. The number of hydrogen-bond donors (Lipinski definition) is 0. The number of aryl methyl sites for hydroxylation is 1. The van der Waals surface area contributed by atoms with Crippen LogP contribution in [0.2, 0.25) is 0 Å². The van der Waals surface area contributed by atoms with E-state index in [1.807, 2.05) is 42.5 Å². The Bertz CT molecular complexity index is 2170. The molecule has 6 rings (SSSR count). The first kappa shape index (κ1) is 32.2. The third-order valence-corrected chi connectivity index (χ3v) is 9.62. The highest BCUT2D eigenvalue weighted by atomic mass is 32.2. The zero-order chi connectivity index (χ0) is 33.7. The van der Waals surface area contributed by atoms with Crippen molar-refractivity contribution in [1.29, 1.82) is 0 Å². The molecule has 0 spiro atoms. The summed E-state index contributed by atoms with van der Waals surface area (Å²) in [7, 11) is -1.65. The Kier molecular flexibility index (Phi) is 9.36. The molecule has 0 bridgehead atoms. The molecule has 0 unspecified atom stereocenters. The second-order valence-corrected chi connectivity index (χ2v) is 12.7. The Morgan fingerprint density at radius 2 is 1.33 bits per heavy atom. The third kappa shape index (κ3) is 6.56. The molecule has 5 aromatic carbocycles. The Morgan fingerprint density at radius 3 is 1.96 bits per heavy atom. The van der Waals surface area contributed by atoms with E-state index in [9.17, 15) is 18.0 Å². The van der Waals surface area contributed by atoms with Gasteiger partial charge < -0.3 is 14.2 Å². The topological polar surface area (TPSA) is 112 Å². The van der Waals surface area contributed by atoms with Crippen LogP contribution in [0.4, 0.5) is 5.69 Å². The van der Waals surface area contributed by atoms with Gasteiger partial charge in [0.2, 0.25) is 0 Å². The second-order valence-electron chi connectivity index (χ2n) is 10.9. The van der Waals surface area contributed by atoms with Gasteiger partial charge in [-0.1, -0.05) is 78.9 Å². The predicted octanol–water partition coefficient (Wildman–Crippen LogP) is 7.12. The van der Waals surface area contributed by atoms with Gasteiger partial charge in [-0.25, -0.2) is 13.4 Å². The van der Waals surface area contributed by atoms with Crippen LogP contribution < -0.4 is 13.8 Å². The minimum Gasteiger partial charge on any atom is -0.497 e. The molecule has 0 aliphatic rings. The van der Waals surface area contributed by atoms with E-state index in [0.717, 1.165) is 15.4 Å². The number of benzene rings is 5. The quantitative estimate of drug-likeness (QED) is 0.107. The van der Waals surface area contributed by atoms with Gasteiger partial charge in [0.1, 0.15) is 23.8 Å². The molecule has 1 heterocycles. The molecule has 0 radical (unpaired) electrons. The maximum atomic E-state index is 14.8. The van der Waals surface area contributed by atoms with Gasteiger partial charge in [0.05, 0.1) is 35.7 Å². The molecule has 0 aliphatic heterocycles. The van der Waals surface area contributed by atoms with E-state index in [-0.39, 0.29) is 40.9 Å². The number of hydrogen-bond acceptors (Lipinski definition) is 8. The molecule has 0 N–H and O–H groups in total. The second kappa shape index (κ2) is 13.9. The number of anilines is 1. The third-order valence-electron chi connectivity index (χ3n) is 7.91. The molecule has 48 heavy (non-hydrogen) atoms.